The molecule has 0 spiro atoms. The molecular weight excluding hydrogens is 264 g/mol. The highest BCUT2D eigenvalue weighted by molar-refractivity contribution is 5.80. The molecule has 2 aromatic rings. The van der Waals surface area contributed by atoms with Crippen LogP contribution in [0, 0.1) is 0 Å². The van der Waals surface area contributed by atoms with Crippen LogP contribution in [0.5, 0.6) is 0 Å². The van der Waals surface area contributed by atoms with Crippen molar-refractivity contribution in [2.75, 3.05) is 13.1 Å². The Kier molecular flexibility index (Phi) is 3.10. The molecule has 0 saturated carbocycles. The summed E-state index contributed by atoms with van der Waals surface area (Å²) >= 11 is 0. The lowest BCUT2D eigenvalue weighted by molar-refractivity contribution is 0.367. The van der Waals surface area contributed by atoms with Gasteiger partial charge in [-0.05, 0) is 50.6 Å². The summed E-state index contributed by atoms with van der Waals surface area (Å²) in [6.45, 7) is 1.95. The second kappa shape index (κ2) is 4.98. The fourth-order valence-electron chi connectivity index (χ4n) is 4.00. The lowest BCUT2D eigenvalue weighted by Gasteiger charge is -2.28. The van der Waals surface area contributed by atoms with Crippen LogP contribution in [0.25, 0.3) is 11.0 Å². The topological polar surface area (TPSA) is 51.9 Å². The number of pyridine rings is 1. The average molecular weight is 286 g/mol. The number of nitrogens with one attached hydrogen (secondary N) is 1. The first-order chi connectivity index (χ1) is 10.3. The molecule has 1 aliphatic carbocycles. The number of piperidine rings is 1. The zero-order valence-corrected chi connectivity index (χ0v) is 12.6. The van der Waals surface area contributed by atoms with Crippen molar-refractivity contribution in [3.8, 4) is 0 Å². The first-order valence-electron chi connectivity index (χ1n) is 8.06. The maximum Gasteiger partial charge on any atom is 0.255 e. The minimum atomic E-state index is 0.231. The molecule has 0 radical (unpaired) electrons. The Bertz CT molecular complexity index is 737. The van der Waals surface area contributed by atoms with Crippen LogP contribution in [0.1, 0.15) is 42.9 Å². The molecule has 1 N–H and O–H groups in total. The van der Waals surface area contributed by atoms with E-state index in [1.54, 1.807) is 0 Å². The Morgan fingerprint density at radius 2 is 2.05 bits per heavy atom. The van der Waals surface area contributed by atoms with Gasteiger partial charge in [-0.15, -0.1) is 0 Å². The van der Waals surface area contributed by atoms with Gasteiger partial charge >= 0.3 is 0 Å². The summed E-state index contributed by atoms with van der Waals surface area (Å²) in [5, 5.41) is 9.06. The van der Waals surface area contributed by atoms with Gasteiger partial charge in [-0.25, -0.2) is 0 Å². The normalized spacial score (nSPS) is 22.4. The summed E-state index contributed by atoms with van der Waals surface area (Å²) in [6, 6.07) is 0.261. The highest BCUT2D eigenvalue weighted by Crippen LogP contribution is 2.29. The number of rotatable bonds is 1. The van der Waals surface area contributed by atoms with Gasteiger partial charge in [-0.2, -0.15) is 5.10 Å². The molecule has 0 amide bonds. The standard InChI is InChI=1S/C16H22N4O/c1-19-15-14(10-18-19)12-6-2-3-7-13(12)16(21)20(15)11-5-4-8-17-9-11/h10-11,17H,2-9H2,1H3. The Labute approximate surface area is 123 Å². The van der Waals surface area contributed by atoms with E-state index in [0.29, 0.717) is 0 Å². The molecule has 0 aromatic carbocycles. The van der Waals surface area contributed by atoms with Crippen LogP contribution in [-0.4, -0.2) is 27.4 Å². The number of hydrogen-bond donors (Lipinski definition) is 1. The third-order valence-electron chi connectivity index (χ3n) is 5.04. The van der Waals surface area contributed by atoms with Crippen molar-refractivity contribution in [1.29, 1.82) is 0 Å². The molecule has 4 rings (SSSR count). The maximum absolute atomic E-state index is 13.1. The molecule has 21 heavy (non-hydrogen) atoms. The van der Waals surface area contributed by atoms with Crippen LogP contribution in [-0.2, 0) is 19.9 Å². The van der Waals surface area contributed by atoms with E-state index in [4.69, 9.17) is 0 Å². The molecular formula is C16H22N4O. The van der Waals surface area contributed by atoms with Gasteiger partial charge in [-0.3, -0.25) is 14.0 Å². The van der Waals surface area contributed by atoms with Crippen LogP contribution in [0.3, 0.4) is 0 Å². The largest absolute Gasteiger partial charge is 0.315 e. The van der Waals surface area contributed by atoms with Crippen LogP contribution in [0.2, 0.25) is 0 Å². The van der Waals surface area contributed by atoms with E-state index in [1.165, 1.54) is 17.4 Å². The lowest BCUT2D eigenvalue weighted by Crippen LogP contribution is -2.39. The van der Waals surface area contributed by atoms with E-state index in [1.807, 2.05) is 22.5 Å². The second-order valence-corrected chi connectivity index (χ2v) is 6.35. The van der Waals surface area contributed by atoms with E-state index in [2.05, 4.69) is 10.4 Å². The minimum absolute atomic E-state index is 0.231. The Hall–Kier alpha value is -1.62. The maximum atomic E-state index is 13.1. The first kappa shape index (κ1) is 13.1. The first-order valence-corrected chi connectivity index (χ1v) is 8.06. The summed E-state index contributed by atoms with van der Waals surface area (Å²) in [5.41, 5.74) is 3.55. The molecule has 2 aliphatic rings. The number of hydrogen-bond acceptors (Lipinski definition) is 3. The monoisotopic (exact) mass is 286 g/mol. The minimum Gasteiger partial charge on any atom is -0.315 e. The fourth-order valence-corrected chi connectivity index (χ4v) is 4.00. The predicted octanol–water partition coefficient (Wildman–Crippen LogP) is 1.54. The molecule has 5 heteroatoms. The predicted molar refractivity (Wildman–Crippen MR) is 82.8 cm³/mol. The Balaban J connectivity index is 2.02. The highest BCUT2D eigenvalue weighted by atomic mass is 16.1. The SMILES string of the molecule is Cn1ncc2c3c(c(=O)n(C4CCCNC4)c21)CCCC3. The van der Waals surface area contributed by atoms with Gasteiger partial charge < -0.3 is 5.32 Å². The van der Waals surface area contributed by atoms with Gasteiger partial charge in [0.1, 0.15) is 5.65 Å². The zero-order chi connectivity index (χ0) is 14.4. The van der Waals surface area contributed by atoms with Crippen LogP contribution >= 0.6 is 0 Å². The van der Waals surface area contributed by atoms with Crippen molar-refractivity contribution in [2.45, 2.75) is 44.6 Å². The van der Waals surface area contributed by atoms with E-state index < -0.39 is 0 Å². The molecule has 1 aliphatic heterocycles. The second-order valence-electron chi connectivity index (χ2n) is 6.35. The number of aromatic nitrogens is 3. The zero-order valence-electron chi connectivity index (χ0n) is 12.6. The quantitative estimate of drug-likeness (QED) is 0.865. The average Bonchev–Trinajstić information content (AvgIpc) is 2.91. The van der Waals surface area contributed by atoms with E-state index in [-0.39, 0.29) is 11.6 Å². The molecule has 112 valence electrons. The molecule has 1 saturated heterocycles. The van der Waals surface area contributed by atoms with Gasteiger partial charge in [0.05, 0.1) is 12.2 Å². The van der Waals surface area contributed by atoms with E-state index in [9.17, 15) is 4.79 Å². The molecule has 1 unspecified atom stereocenters. The van der Waals surface area contributed by atoms with Crippen molar-refractivity contribution in [1.82, 2.24) is 19.7 Å². The third kappa shape index (κ3) is 1.94. The van der Waals surface area contributed by atoms with Crippen molar-refractivity contribution in [2.24, 2.45) is 7.05 Å². The van der Waals surface area contributed by atoms with Crippen LogP contribution in [0.4, 0.5) is 0 Å². The molecule has 2 aromatic heterocycles. The summed E-state index contributed by atoms with van der Waals surface area (Å²) < 4.78 is 3.90. The molecule has 3 heterocycles. The van der Waals surface area contributed by atoms with Gasteiger partial charge in [0, 0.05) is 24.5 Å². The lowest BCUT2D eigenvalue weighted by atomic mass is 9.90. The molecule has 5 nitrogen and oxygen atoms in total. The van der Waals surface area contributed by atoms with Gasteiger partial charge in [-0.1, -0.05) is 0 Å². The number of fused-ring (bicyclic) bond motifs is 3. The van der Waals surface area contributed by atoms with E-state index in [0.717, 1.165) is 56.4 Å². The highest BCUT2D eigenvalue weighted by Gasteiger charge is 2.26. The summed E-state index contributed by atoms with van der Waals surface area (Å²) in [7, 11) is 1.95. The van der Waals surface area contributed by atoms with Gasteiger partial charge in [0.15, 0.2) is 0 Å². The van der Waals surface area contributed by atoms with Crippen molar-refractivity contribution >= 4 is 11.0 Å². The van der Waals surface area contributed by atoms with Crippen LogP contribution < -0.4 is 10.9 Å². The van der Waals surface area contributed by atoms with Crippen molar-refractivity contribution in [3.63, 3.8) is 0 Å². The Morgan fingerprint density at radius 1 is 1.24 bits per heavy atom. The van der Waals surface area contributed by atoms with Gasteiger partial charge in [0.2, 0.25) is 0 Å². The summed E-state index contributed by atoms with van der Waals surface area (Å²) in [6.07, 6.45) is 8.43. The van der Waals surface area contributed by atoms with Crippen LogP contribution in [0.15, 0.2) is 11.0 Å². The molecule has 1 atom stereocenters. The molecule has 1 fully saturated rings. The summed E-state index contributed by atoms with van der Waals surface area (Å²) in [5.74, 6) is 0. The number of nitrogens with zero attached hydrogens (tertiary/aromatic N) is 3. The fraction of sp³-hybridized carbons (Fsp3) is 0.625. The molecule has 0 bridgehead atoms. The smallest absolute Gasteiger partial charge is 0.255 e. The van der Waals surface area contributed by atoms with Crippen molar-refractivity contribution < 1.29 is 0 Å². The number of aryl methyl sites for hydroxylation is 2. The van der Waals surface area contributed by atoms with E-state index >= 15 is 0 Å². The summed E-state index contributed by atoms with van der Waals surface area (Å²) in [4.78, 5) is 13.1. The Morgan fingerprint density at radius 3 is 2.81 bits per heavy atom. The van der Waals surface area contributed by atoms with Crippen molar-refractivity contribution in [3.05, 3.63) is 27.7 Å². The third-order valence-corrected chi connectivity index (χ3v) is 5.04. The van der Waals surface area contributed by atoms with Gasteiger partial charge in [0.25, 0.3) is 5.56 Å².